The van der Waals surface area contributed by atoms with Crippen molar-refractivity contribution in [1.29, 1.82) is 0 Å². The van der Waals surface area contributed by atoms with Crippen LogP contribution in [-0.2, 0) is 0 Å². The van der Waals surface area contributed by atoms with Crippen molar-refractivity contribution in [3.63, 3.8) is 0 Å². The van der Waals surface area contributed by atoms with Crippen LogP contribution in [0.25, 0.3) is 0 Å². The maximum absolute atomic E-state index is 3.51. The zero-order chi connectivity index (χ0) is 11.5. The van der Waals surface area contributed by atoms with Crippen molar-refractivity contribution in [3.05, 3.63) is 34.9 Å². The Morgan fingerprint density at radius 1 is 1.31 bits per heavy atom. The second-order valence-electron chi connectivity index (χ2n) is 5.31. The second-order valence-corrected chi connectivity index (χ2v) is 5.31. The number of aryl methyl sites for hydroxylation is 1. The molecule has 1 aromatic rings. The lowest BCUT2D eigenvalue weighted by Crippen LogP contribution is -2.28. The molecule has 1 atom stereocenters. The van der Waals surface area contributed by atoms with Crippen LogP contribution in [0, 0.1) is 6.92 Å². The SMILES string of the molecule is Cc1ccc(C(C)C)cc1C1CCCNC1. The lowest BCUT2D eigenvalue weighted by Gasteiger charge is -2.25. The van der Waals surface area contributed by atoms with Crippen LogP contribution >= 0.6 is 0 Å². The molecule has 1 N–H and O–H groups in total. The first-order valence-electron chi connectivity index (χ1n) is 6.49. The van der Waals surface area contributed by atoms with E-state index in [0.29, 0.717) is 5.92 Å². The molecule has 1 nitrogen and oxygen atoms in total. The zero-order valence-electron chi connectivity index (χ0n) is 10.7. The summed E-state index contributed by atoms with van der Waals surface area (Å²) >= 11 is 0. The van der Waals surface area contributed by atoms with Crippen LogP contribution in [0.3, 0.4) is 0 Å². The van der Waals surface area contributed by atoms with E-state index < -0.39 is 0 Å². The lowest BCUT2D eigenvalue weighted by molar-refractivity contribution is 0.460. The van der Waals surface area contributed by atoms with Crippen molar-refractivity contribution in [2.75, 3.05) is 13.1 Å². The van der Waals surface area contributed by atoms with E-state index in [9.17, 15) is 0 Å². The van der Waals surface area contributed by atoms with Gasteiger partial charge in [0.15, 0.2) is 0 Å². The third-order valence-corrected chi connectivity index (χ3v) is 3.71. The molecule has 1 heterocycles. The van der Waals surface area contributed by atoms with Gasteiger partial charge in [0.1, 0.15) is 0 Å². The predicted octanol–water partition coefficient (Wildman–Crippen LogP) is 3.59. The van der Waals surface area contributed by atoms with E-state index in [1.54, 1.807) is 5.56 Å². The Morgan fingerprint density at radius 3 is 2.75 bits per heavy atom. The number of rotatable bonds is 2. The van der Waals surface area contributed by atoms with Crippen molar-refractivity contribution in [2.45, 2.75) is 45.4 Å². The van der Waals surface area contributed by atoms with Crippen LogP contribution in [-0.4, -0.2) is 13.1 Å². The Bertz CT molecular complexity index is 348. The van der Waals surface area contributed by atoms with Crippen molar-refractivity contribution in [3.8, 4) is 0 Å². The van der Waals surface area contributed by atoms with Gasteiger partial charge in [-0.3, -0.25) is 0 Å². The van der Waals surface area contributed by atoms with Crippen LogP contribution in [0.5, 0.6) is 0 Å². The standard InChI is InChI=1S/C15H23N/c1-11(2)13-7-6-12(3)15(9-13)14-5-4-8-16-10-14/h6-7,9,11,14,16H,4-5,8,10H2,1-3H3. The molecule has 2 rings (SSSR count). The normalized spacial score (nSPS) is 21.4. The summed E-state index contributed by atoms with van der Waals surface area (Å²) in [7, 11) is 0. The average molecular weight is 217 g/mol. The Balaban J connectivity index is 2.27. The van der Waals surface area contributed by atoms with Gasteiger partial charge in [0.25, 0.3) is 0 Å². The molecule has 16 heavy (non-hydrogen) atoms. The van der Waals surface area contributed by atoms with Crippen molar-refractivity contribution < 1.29 is 0 Å². The minimum atomic E-state index is 0.635. The molecule has 88 valence electrons. The topological polar surface area (TPSA) is 12.0 Å². The minimum absolute atomic E-state index is 0.635. The molecule has 1 aliphatic rings. The van der Waals surface area contributed by atoms with Gasteiger partial charge in [-0.25, -0.2) is 0 Å². The predicted molar refractivity (Wildman–Crippen MR) is 70.1 cm³/mol. The summed E-state index contributed by atoms with van der Waals surface area (Å²) < 4.78 is 0. The molecule has 0 amide bonds. The third kappa shape index (κ3) is 2.46. The zero-order valence-corrected chi connectivity index (χ0v) is 10.7. The molecule has 0 spiro atoms. The van der Waals surface area contributed by atoms with E-state index in [0.717, 1.165) is 12.5 Å². The van der Waals surface area contributed by atoms with Crippen LogP contribution in [0.1, 0.15) is 55.2 Å². The molecule has 1 saturated heterocycles. The van der Waals surface area contributed by atoms with E-state index in [-0.39, 0.29) is 0 Å². The Kier molecular flexibility index (Phi) is 3.65. The van der Waals surface area contributed by atoms with E-state index >= 15 is 0 Å². The van der Waals surface area contributed by atoms with E-state index in [1.807, 2.05) is 0 Å². The smallest absolute Gasteiger partial charge is 0.00202 e. The van der Waals surface area contributed by atoms with Crippen molar-refractivity contribution in [2.24, 2.45) is 0 Å². The molecular formula is C15H23N. The van der Waals surface area contributed by atoms with Crippen molar-refractivity contribution in [1.82, 2.24) is 5.32 Å². The molecule has 1 heteroatoms. The van der Waals surface area contributed by atoms with Gasteiger partial charge in [0, 0.05) is 6.54 Å². The molecule has 0 saturated carbocycles. The number of piperidine rings is 1. The summed E-state index contributed by atoms with van der Waals surface area (Å²) in [5.74, 6) is 1.36. The van der Waals surface area contributed by atoms with Crippen LogP contribution < -0.4 is 5.32 Å². The Labute approximate surface area is 99.3 Å². The fraction of sp³-hybridized carbons (Fsp3) is 0.600. The summed E-state index contributed by atoms with van der Waals surface area (Å²) in [6.07, 6.45) is 2.66. The molecule has 0 radical (unpaired) electrons. The van der Waals surface area contributed by atoms with Gasteiger partial charge in [-0.05, 0) is 54.8 Å². The number of benzene rings is 1. The molecule has 1 aliphatic heterocycles. The van der Waals surface area contributed by atoms with Crippen molar-refractivity contribution >= 4 is 0 Å². The first kappa shape index (κ1) is 11.7. The molecular weight excluding hydrogens is 194 g/mol. The molecule has 1 aromatic carbocycles. The Hall–Kier alpha value is -0.820. The van der Waals surface area contributed by atoms with Gasteiger partial charge in [0.05, 0.1) is 0 Å². The van der Waals surface area contributed by atoms with Gasteiger partial charge >= 0.3 is 0 Å². The van der Waals surface area contributed by atoms with Gasteiger partial charge < -0.3 is 5.32 Å². The summed E-state index contributed by atoms with van der Waals surface area (Å²) in [5.41, 5.74) is 4.50. The third-order valence-electron chi connectivity index (χ3n) is 3.71. The maximum atomic E-state index is 3.51. The molecule has 0 aliphatic carbocycles. The quantitative estimate of drug-likeness (QED) is 0.798. The van der Waals surface area contributed by atoms with Crippen LogP contribution in [0.2, 0.25) is 0 Å². The summed E-state index contributed by atoms with van der Waals surface area (Å²) in [4.78, 5) is 0. The summed E-state index contributed by atoms with van der Waals surface area (Å²) in [6, 6.07) is 7.00. The lowest BCUT2D eigenvalue weighted by atomic mass is 9.86. The highest BCUT2D eigenvalue weighted by Crippen LogP contribution is 2.28. The number of hydrogen-bond acceptors (Lipinski definition) is 1. The first-order valence-corrected chi connectivity index (χ1v) is 6.49. The van der Waals surface area contributed by atoms with E-state index in [1.165, 1.54) is 30.5 Å². The maximum Gasteiger partial charge on any atom is 0.00202 e. The highest BCUT2D eigenvalue weighted by Gasteiger charge is 2.17. The fourth-order valence-electron chi connectivity index (χ4n) is 2.58. The number of hydrogen-bond donors (Lipinski definition) is 1. The van der Waals surface area contributed by atoms with Crippen LogP contribution in [0.4, 0.5) is 0 Å². The molecule has 0 aromatic heterocycles. The van der Waals surface area contributed by atoms with Gasteiger partial charge in [-0.1, -0.05) is 32.0 Å². The largest absolute Gasteiger partial charge is 0.316 e. The minimum Gasteiger partial charge on any atom is -0.316 e. The fourth-order valence-corrected chi connectivity index (χ4v) is 2.58. The molecule has 1 fully saturated rings. The van der Waals surface area contributed by atoms with Crippen LogP contribution in [0.15, 0.2) is 18.2 Å². The van der Waals surface area contributed by atoms with E-state index in [2.05, 4.69) is 44.3 Å². The summed E-state index contributed by atoms with van der Waals surface area (Å²) in [6.45, 7) is 9.14. The van der Waals surface area contributed by atoms with E-state index in [4.69, 9.17) is 0 Å². The number of nitrogens with one attached hydrogen (secondary N) is 1. The molecule has 0 bridgehead atoms. The van der Waals surface area contributed by atoms with Gasteiger partial charge in [-0.2, -0.15) is 0 Å². The average Bonchev–Trinajstić information content (AvgIpc) is 2.30. The van der Waals surface area contributed by atoms with Gasteiger partial charge in [0.2, 0.25) is 0 Å². The first-order chi connectivity index (χ1) is 7.68. The Morgan fingerprint density at radius 2 is 2.12 bits per heavy atom. The van der Waals surface area contributed by atoms with Gasteiger partial charge in [-0.15, -0.1) is 0 Å². The highest BCUT2D eigenvalue weighted by molar-refractivity contribution is 5.35. The monoisotopic (exact) mass is 217 g/mol. The second kappa shape index (κ2) is 5.01. The summed E-state index contributed by atoms with van der Waals surface area (Å²) in [5, 5.41) is 3.51. The highest BCUT2D eigenvalue weighted by atomic mass is 14.9. The molecule has 1 unspecified atom stereocenters.